The van der Waals surface area contributed by atoms with Crippen molar-refractivity contribution in [1.82, 2.24) is 9.88 Å². The summed E-state index contributed by atoms with van der Waals surface area (Å²) in [4.78, 5) is 40.6. The number of amides is 1. The van der Waals surface area contributed by atoms with Gasteiger partial charge in [-0.1, -0.05) is 41.9 Å². The molecule has 124 valence electrons. The van der Waals surface area contributed by atoms with Crippen molar-refractivity contribution in [3.8, 4) is 0 Å². The van der Waals surface area contributed by atoms with Crippen molar-refractivity contribution in [2.45, 2.75) is 12.8 Å². The molecule has 0 aliphatic carbocycles. The summed E-state index contributed by atoms with van der Waals surface area (Å²) in [5, 5.41) is -0.0187. The molecule has 1 aromatic carbocycles. The van der Waals surface area contributed by atoms with Crippen LogP contribution in [0.3, 0.4) is 0 Å². The summed E-state index contributed by atoms with van der Waals surface area (Å²) in [6.45, 7) is 0.970. The number of hydrogen-bond acceptors (Lipinski definition) is 3. The van der Waals surface area contributed by atoms with Crippen LogP contribution in [0, 0.1) is 5.92 Å². The van der Waals surface area contributed by atoms with E-state index in [9.17, 15) is 14.4 Å². The van der Waals surface area contributed by atoms with E-state index in [4.69, 9.17) is 11.6 Å². The number of pyridine rings is 1. The van der Waals surface area contributed by atoms with Gasteiger partial charge in [0.25, 0.3) is 11.5 Å². The maximum atomic E-state index is 12.6. The third-order valence-electron chi connectivity index (χ3n) is 4.24. The molecule has 1 atom stereocenters. The van der Waals surface area contributed by atoms with Crippen molar-refractivity contribution in [2.24, 2.45) is 5.92 Å². The number of rotatable bonds is 3. The smallest absolute Gasteiger partial charge is 0.266 e. The molecule has 1 aromatic heterocycles. The molecule has 1 unspecified atom stereocenters. The Kier molecular flexibility index (Phi) is 4.81. The summed E-state index contributed by atoms with van der Waals surface area (Å²) in [5.74, 6) is -0.366. The average molecular weight is 345 g/mol. The zero-order chi connectivity index (χ0) is 17.1. The molecule has 1 aliphatic heterocycles. The molecule has 6 heteroatoms. The van der Waals surface area contributed by atoms with E-state index in [0.717, 1.165) is 12.8 Å². The van der Waals surface area contributed by atoms with Crippen LogP contribution in [0.25, 0.3) is 0 Å². The molecule has 5 nitrogen and oxygen atoms in total. The van der Waals surface area contributed by atoms with Crippen molar-refractivity contribution in [3.05, 3.63) is 69.1 Å². The van der Waals surface area contributed by atoms with E-state index < -0.39 is 5.56 Å². The van der Waals surface area contributed by atoms with Gasteiger partial charge in [0.2, 0.25) is 0 Å². The second-order valence-electron chi connectivity index (χ2n) is 5.89. The van der Waals surface area contributed by atoms with E-state index in [2.05, 4.69) is 4.98 Å². The van der Waals surface area contributed by atoms with Crippen LogP contribution in [0.2, 0.25) is 5.02 Å². The molecular formula is C18H17ClN2O3. The standard InChI is InChI=1S/C18H17ClN2O3/c19-15-9-14(10-20-17(15)23)18(24)21-8-4-7-13(11-21)16(22)12-5-2-1-3-6-12/h1-3,5-6,9-10,13H,4,7-8,11H2,(H,20,23). The van der Waals surface area contributed by atoms with Gasteiger partial charge in [-0.2, -0.15) is 0 Å². The Morgan fingerprint density at radius 2 is 1.92 bits per heavy atom. The van der Waals surface area contributed by atoms with Crippen molar-refractivity contribution in [2.75, 3.05) is 13.1 Å². The maximum absolute atomic E-state index is 12.6. The number of benzene rings is 1. The first-order chi connectivity index (χ1) is 11.6. The predicted octanol–water partition coefficient (Wildman–Crippen LogP) is 2.76. The molecule has 1 saturated heterocycles. The second kappa shape index (κ2) is 7.01. The van der Waals surface area contributed by atoms with Gasteiger partial charge in [0.05, 0.1) is 5.56 Å². The minimum absolute atomic E-state index is 0.0187. The van der Waals surface area contributed by atoms with Gasteiger partial charge in [-0.15, -0.1) is 0 Å². The number of H-pyrrole nitrogens is 1. The molecule has 24 heavy (non-hydrogen) atoms. The zero-order valence-corrected chi connectivity index (χ0v) is 13.8. The average Bonchev–Trinajstić information content (AvgIpc) is 2.63. The van der Waals surface area contributed by atoms with Gasteiger partial charge in [0.15, 0.2) is 5.78 Å². The molecule has 1 aliphatic rings. The fourth-order valence-electron chi connectivity index (χ4n) is 2.98. The highest BCUT2D eigenvalue weighted by molar-refractivity contribution is 6.30. The summed E-state index contributed by atoms with van der Waals surface area (Å²) >= 11 is 5.79. The molecule has 0 bridgehead atoms. The quantitative estimate of drug-likeness (QED) is 0.870. The lowest BCUT2D eigenvalue weighted by Gasteiger charge is -2.32. The highest BCUT2D eigenvalue weighted by atomic mass is 35.5. The van der Waals surface area contributed by atoms with Crippen LogP contribution in [0.15, 0.2) is 47.4 Å². The summed E-state index contributed by atoms with van der Waals surface area (Å²) in [7, 11) is 0. The number of aromatic amines is 1. The Balaban J connectivity index is 1.75. The number of aromatic nitrogens is 1. The van der Waals surface area contributed by atoms with Crippen LogP contribution in [-0.4, -0.2) is 34.7 Å². The first-order valence-electron chi connectivity index (χ1n) is 7.83. The predicted molar refractivity (Wildman–Crippen MR) is 91.5 cm³/mol. The van der Waals surface area contributed by atoms with Gasteiger partial charge in [0, 0.05) is 30.8 Å². The molecule has 1 amide bonds. The molecule has 0 radical (unpaired) electrons. The van der Waals surface area contributed by atoms with E-state index in [0.29, 0.717) is 24.2 Å². The maximum Gasteiger partial charge on any atom is 0.266 e. The Labute approximate surface area is 144 Å². The van der Waals surface area contributed by atoms with Crippen LogP contribution in [-0.2, 0) is 0 Å². The van der Waals surface area contributed by atoms with E-state index in [1.807, 2.05) is 18.2 Å². The second-order valence-corrected chi connectivity index (χ2v) is 6.29. The number of ketones is 1. The minimum Gasteiger partial charge on any atom is -0.338 e. The fourth-order valence-corrected chi connectivity index (χ4v) is 3.15. The highest BCUT2D eigenvalue weighted by Crippen LogP contribution is 2.22. The first-order valence-corrected chi connectivity index (χ1v) is 8.21. The van der Waals surface area contributed by atoms with E-state index in [1.165, 1.54) is 12.3 Å². The normalized spacial score (nSPS) is 17.5. The molecule has 1 N–H and O–H groups in total. The fraction of sp³-hybridized carbons (Fsp3) is 0.278. The van der Waals surface area contributed by atoms with Crippen molar-refractivity contribution in [3.63, 3.8) is 0 Å². The number of likely N-dealkylation sites (tertiary alicyclic amines) is 1. The number of carbonyl (C=O) groups is 2. The highest BCUT2D eigenvalue weighted by Gasteiger charge is 2.29. The number of Topliss-reactive ketones (excluding diaryl/α,β-unsaturated/α-hetero) is 1. The molecule has 0 spiro atoms. The number of hydrogen-bond donors (Lipinski definition) is 1. The largest absolute Gasteiger partial charge is 0.338 e. The minimum atomic E-state index is -0.427. The van der Waals surface area contributed by atoms with Gasteiger partial charge in [0.1, 0.15) is 5.02 Å². The molecule has 3 rings (SSSR count). The Morgan fingerprint density at radius 1 is 1.17 bits per heavy atom. The van der Waals surface area contributed by atoms with Gasteiger partial charge in [-0.25, -0.2) is 0 Å². The van der Waals surface area contributed by atoms with Crippen LogP contribution in [0.5, 0.6) is 0 Å². The summed E-state index contributed by atoms with van der Waals surface area (Å²) < 4.78 is 0. The molecule has 0 saturated carbocycles. The summed E-state index contributed by atoms with van der Waals surface area (Å²) in [5.41, 5.74) is 0.570. The molecule has 2 heterocycles. The third-order valence-corrected chi connectivity index (χ3v) is 4.52. The van der Waals surface area contributed by atoms with Crippen LogP contribution >= 0.6 is 11.6 Å². The molecule has 2 aromatic rings. The van der Waals surface area contributed by atoms with Crippen molar-refractivity contribution in [1.29, 1.82) is 0 Å². The summed E-state index contributed by atoms with van der Waals surface area (Å²) in [6, 6.07) is 10.5. The zero-order valence-electron chi connectivity index (χ0n) is 13.0. The SMILES string of the molecule is O=C(c1ccccc1)C1CCCN(C(=O)c2c[nH]c(=O)c(Cl)c2)C1. The number of nitrogens with zero attached hydrogens (tertiary/aromatic N) is 1. The van der Waals surface area contributed by atoms with E-state index >= 15 is 0 Å². The van der Waals surface area contributed by atoms with Crippen molar-refractivity contribution < 1.29 is 9.59 Å². The van der Waals surface area contributed by atoms with Crippen LogP contribution < -0.4 is 5.56 Å². The Morgan fingerprint density at radius 3 is 2.62 bits per heavy atom. The van der Waals surface area contributed by atoms with Gasteiger partial charge < -0.3 is 9.88 Å². The lowest BCUT2D eigenvalue weighted by Crippen LogP contribution is -2.42. The van der Waals surface area contributed by atoms with Gasteiger partial charge in [-0.05, 0) is 18.9 Å². The lowest BCUT2D eigenvalue weighted by molar-refractivity contribution is 0.0636. The van der Waals surface area contributed by atoms with Gasteiger partial charge >= 0.3 is 0 Å². The molecular weight excluding hydrogens is 328 g/mol. The first kappa shape index (κ1) is 16.5. The topological polar surface area (TPSA) is 70.2 Å². The number of nitrogens with one attached hydrogen (secondary N) is 1. The number of halogens is 1. The monoisotopic (exact) mass is 344 g/mol. The van der Waals surface area contributed by atoms with Crippen molar-refractivity contribution >= 4 is 23.3 Å². The number of carbonyl (C=O) groups excluding carboxylic acids is 2. The van der Waals surface area contributed by atoms with Crippen LogP contribution in [0.4, 0.5) is 0 Å². The van der Waals surface area contributed by atoms with Crippen LogP contribution in [0.1, 0.15) is 33.6 Å². The van der Waals surface area contributed by atoms with Gasteiger partial charge in [-0.3, -0.25) is 14.4 Å². The number of piperidine rings is 1. The summed E-state index contributed by atoms with van der Waals surface area (Å²) in [6.07, 6.45) is 2.90. The Bertz CT molecular complexity index is 817. The molecule has 1 fully saturated rings. The lowest BCUT2D eigenvalue weighted by atomic mass is 9.90. The third kappa shape index (κ3) is 3.41. The van der Waals surface area contributed by atoms with E-state index in [1.54, 1.807) is 17.0 Å². The van der Waals surface area contributed by atoms with E-state index in [-0.39, 0.29) is 22.6 Å². The Hall–Kier alpha value is -2.40.